The molecular weight excluding hydrogens is 368 g/mol. The van der Waals surface area contributed by atoms with Gasteiger partial charge in [0, 0.05) is 0 Å². The maximum absolute atomic E-state index is 11.6. The van der Waals surface area contributed by atoms with Gasteiger partial charge in [0.15, 0.2) is 0 Å². The van der Waals surface area contributed by atoms with E-state index in [1.54, 1.807) is 0 Å². The van der Waals surface area contributed by atoms with Crippen LogP contribution in [-0.2, 0) is 0 Å². The third kappa shape index (κ3) is 2.58. The minimum atomic E-state index is -0.669. The molecule has 2 fully saturated rings. The van der Waals surface area contributed by atoms with Gasteiger partial charge >= 0.3 is 132 Å². The van der Waals surface area contributed by atoms with E-state index in [1.165, 1.54) is 6.42 Å². The number of fused-ring (bicyclic) bond motifs is 1. The zero-order valence-corrected chi connectivity index (χ0v) is 15.3. The van der Waals surface area contributed by atoms with Gasteiger partial charge in [-0.3, -0.25) is 0 Å². The number of carbonyl (C=O) groups is 1. The van der Waals surface area contributed by atoms with Crippen molar-refractivity contribution in [2.75, 3.05) is 0 Å². The molecule has 1 aromatic rings. The topological polar surface area (TPSA) is 49.3 Å². The first-order valence-electron chi connectivity index (χ1n) is 6.62. The molecule has 19 heavy (non-hydrogen) atoms. The molecule has 5 heteroatoms. The number of benzene rings is 1. The maximum atomic E-state index is 11.6. The van der Waals surface area contributed by atoms with E-state index < -0.39 is 3.61 Å². The van der Waals surface area contributed by atoms with Crippen molar-refractivity contribution in [2.45, 2.75) is 33.3 Å². The summed E-state index contributed by atoms with van der Waals surface area (Å²) in [4.78, 5) is 11.6. The number of alkyl halides is 2. The van der Waals surface area contributed by atoms with E-state index in [0.29, 0.717) is 21.7 Å². The quantitative estimate of drug-likeness (QED) is 0.360. The van der Waals surface area contributed by atoms with E-state index in [4.69, 9.17) is 0 Å². The van der Waals surface area contributed by atoms with Crippen LogP contribution >= 0.6 is 0 Å². The van der Waals surface area contributed by atoms with Gasteiger partial charge in [-0.05, 0) is 0 Å². The zero-order chi connectivity index (χ0) is 13.7. The summed E-state index contributed by atoms with van der Waals surface area (Å²) in [6, 6.07) is 9.72. The molecule has 4 atom stereocenters. The summed E-state index contributed by atoms with van der Waals surface area (Å²) in [6.07, 6.45) is 2.12. The molecule has 3 unspecified atom stereocenters. The van der Waals surface area contributed by atoms with Gasteiger partial charge in [-0.1, -0.05) is 0 Å². The Morgan fingerprint density at radius 2 is 2.21 bits per heavy atom. The van der Waals surface area contributed by atoms with E-state index in [1.807, 2.05) is 30.3 Å². The second-order valence-corrected chi connectivity index (χ2v) is 10.9. The van der Waals surface area contributed by atoms with Crippen LogP contribution in [0.2, 0.25) is 0 Å². The van der Waals surface area contributed by atoms with Crippen LogP contribution in [-0.4, -0.2) is 33.7 Å². The fraction of sp³-hybridized carbons (Fsp3) is 0.500. The molecule has 0 radical (unpaired) electrons. The molecule has 2 N–H and O–H groups in total. The second kappa shape index (κ2) is 4.73. The zero-order valence-electron chi connectivity index (χ0n) is 11.2. The number of nitrogens with one attached hydrogen (secondary N) is 1. The average molecular weight is 386 g/mol. The Balaban J connectivity index is 1.90. The van der Waals surface area contributed by atoms with E-state index in [0.717, 1.165) is 15.9 Å². The molecule has 0 bridgehead atoms. The summed E-state index contributed by atoms with van der Waals surface area (Å²) in [6.45, 7) is 2.28. The Hall–Kier alpha value is -0.0875. The van der Waals surface area contributed by atoms with Crippen molar-refractivity contribution >= 4 is 21.1 Å². The first-order valence-corrected chi connectivity index (χ1v) is 9.94. The Bertz CT molecular complexity index is 511. The predicted octanol–water partition coefficient (Wildman–Crippen LogP) is -1.97. The fourth-order valence-corrected chi connectivity index (χ4v) is 8.76. The van der Waals surface area contributed by atoms with E-state index in [-0.39, 0.29) is 32.0 Å². The second-order valence-electron chi connectivity index (χ2n) is 5.97. The van der Waals surface area contributed by atoms with Gasteiger partial charge in [0.25, 0.3) is 0 Å². The van der Waals surface area contributed by atoms with Crippen LogP contribution in [0.25, 0.3) is 0 Å². The van der Waals surface area contributed by atoms with Crippen LogP contribution in [0.3, 0.4) is 0 Å². The van der Waals surface area contributed by atoms with Crippen molar-refractivity contribution in [2.24, 2.45) is 5.41 Å². The number of carbonyl (C=O) groups excluding carboxylic acids is 1. The van der Waals surface area contributed by atoms with E-state index >= 15 is 0 Å². The van der Waals surface area contributed by atoms with Crippen LogP contribution in [0.5, 0.6) is 0 Å². The molecule has 1 heterocycles. The summed E-state index contributed by atoms with van der Waals surface area (Å²) in [5, 5.41) is 14.1. The van der Waals surface area contributed by atoms with Crippen LogP contribution in [0, 0.1) is 5.41 Å². The van der Waals surface area contributed by atoms with Gasteiger partial charge in [-0.2, -0.15) is 0 Å². The van der Waals surface area contributed by atoms with Crippen molar-refractivity contribution in [1.82, 2.24) is 5.32 Å². The third-order valence-electron chi connectivity index (χ3n) is 4.14. The standard InChI is InChI=1S/C14H16INO2.Al.2H/c1-13-7-11(13)15-14(18,8-13)12(16-9-17)10-5-3-2-4-6-10;;;/h2-6,11-12,18H,7-8H2,1H3,(H,16,17);;;/q-1;;;/t11?,12?,13-,14?;;;/m1.../s1. The molecule has 1 aromatic carbocycles. The molecule has 0 aromatic heterocycles. The van der Waals surface area contributed by atoms with Crippen molar-refractivity contribution in [3.8, 4) is 0 Å². The molecule has 1 aliphatic carbocycles. The fourth-order valence-electron chi connectivity index (χ4n) is 3.00. The molecule has 102 valence electrons. The van der Waals surface area contributed by atoms with Crippen molar-refractivity contribution in [3.63, 3.8) is 0 Å². The van der Waals surface area contributed by atoms with Gasteiger partial charge in [0.1, 0.15) is 0 Å². The van der Waals surface area contributed by atoms with Crippen LogP contribution in [0.1, 0.15) is 31.4 Å². The SMILES string of the molecule is C[C@]12CC1[I-]C(O)(C(N[C](=O)[AlH2])c1ccccc1)C2. The van der Waals surface area contributed by atoms with Gasteiger partial charge in [0.2, 0.25) is 0 Å². The summed E-state index contributed by atoms with van der Waals surface area (Å²) >= 11 is 0.190. The first kappa shape index (κ1) is 13.9. The molecule has 1 amide bonds. The third-order valence-corrected chi connectivity index (χ3v) is 9.20. The average Bonchev–Trinajstić information content (AvgIpc) is 2.87. The number of amides is 1. The van der Waals surface area contributed by atoms with Gasteiger partial charge in [0.05, 0.1) is 0 Å². The van der Waals surface area contributed by atoms with Crippen molar-refractivity contribution in [3.05, 3.63) is 35.9 Å². The molecule has 1 saturated heterocycles. The summed E-state index contributed by atoms with van der Waals surface area (Å²) in [5.41, 5.74) is 1.39. The Labute approximate surface area is 131 Å². The Morgan fingerprint density at radius 1 is 1.53 bits per heavy atom. The normalized spacial score (nSPS) is 37.9. The Kier molecular flexibility index (Phi) is 3.45. The minimum absolute atomic E-state index is 0.0667. The number of hydrogen-bond acceptors (Lipinski definition) is 2. The number of hydrogen-bond donors (Lipinski definition) is 2. The Morgan fingerprint density at radius 3 is 2.74 bits per heavy atom. The summed E-state index contributed by atoms with van der Waals surface area (Å²) in [7, 11) is 0. The summed E-state index contributed by atoms with van der Waals surface area (Å²) < 4.78 is 0.142. The van der Waals surface area contributed by atoms with Gasteiger partial charge < -0.3 is 0 Å². The van der Waals surface area contributed by atoms with Gasteiger partial charge in [-0.25, -0.2) is 0 Å². The molecule has 3 rings (SSSR count). The summed E-state index contributed by atoms with van der Waals surface area (Å²) in [5.74, 6) is 0. The number of halogens is 1. The molecule has 3 nitrogen and oxygen atoms in total. The van der Waals surface area contributed by atoms with Crippen molar-refractivity contribution in [1.29, 1.82) is 0 Å². The molecule has 1 saturated carbocycles. The molecule has 1 aliphatic heterocycles. The van der Waals surface area contributed by atoms with E-state index in [9.17, 15) is 9.90 Å². The monoisotopic (exact) mass is 386 g/mol. The van der Waals surface area contributed by atoms with Crippen LogP contribution in [0.4, 0.5) is 4.79 Å². The number of aliphatic hydroxyl groups is 1. The van der Waals surface area contributed by atoms with Gasteiger partial charge in [-0.15, -0.1) is 0 Å². The molecular formula is C14H18AlINO2-. The van der Waals surface area contributed by atoms with Crippen LogP contribution < -0.4 is 26.5 Å². The van der Waals surface area contributed by atoms with Crippen LogP contribution in [0.15, 0.2) is 30.3 Å². The number of rotatable bonds is 3. The van der Waals surface area contributed by atoms with E-state index in [2.05, 4.69) is 12.2 Å². The molecule has 2 aliphatic rings. The van der Waals surface area contributed by atoms with Crippen molar-refractivity contribution < 1.29 is 31.1 Å². The predicted molar refractivity (Wildman–Crippen MR) is 72.3 cm³/mol. The molecule has 0 spiro atoms. The first-order chi connectivity index (χ1) is 8.93.